The van der Waals surface area contributed by atoms with Crippen molar-refractivity contribution in [2.45, 2.75) is 52.0 Å². The third-order valence-electron chi connectivity index (χ3n) is 3.44. The van der Waals surface area contributed by atoms with E-state index in [1.807, 2.05) is 4.68 Å². The van der Waals surface area contributed by atoms with Crippen LogP contribution in [0, 0.1) is 0 Å². The normalized spacial score (nSPS) is 12.9. The molecule has 0 aliphatic heterocycles. The second-order valence-electron chi connectivity index (χ2n) is 5.43. The van der Waals surface area contributed by atoms with Crippen molar-refractivity contribution >= 4 is 9.84 Å². The Morgan fingerprint density at radius 2 is 2.00 bits per heavy atom. The lowest BCUT2D eigenvalue weighted by Gasteiger charge is -2.22. The van der Waals surface area contributed by atoms with Crippen molar-refractivity contribution in [2.24, 2.45) is 0 Å². The van der Waals surface area contributed by atoms with E-state index in [2.05, 4.69) is 30.3 Å². The summed E-state index contributed by atoms with van der Waals surface area (Å²) in [4.78, 5) is 0. The number of hydrogen-bond donors (Lipinski definition) is 1. The molecule has 1 rings (SSSR count). The molecule has 0 atom stereocenters. The van der Waals surface area contributed by atoms with E-state index in [0.29, 0.717) is 13.1 Å². The van der Waals surface area contributed by atoms with Gasteiger partial charge in [-0.1, -0.05) is 6.92 Å². The van der Waals surface area contributed by atoms with Gasteiger partial charge in [0.15, 0.2) is 9.84 Å². The van der Waals surface area contributed by atoms with E-state index in [4.69, 9.17) is 0 Å². The van der Waals surface area contributed by atoms with Crippen LogP contribution in [0.1, 0.15) is 39.1 Å². The molecule has 0 fully saturated rings. The average Bonchev–Trinajstić information content (AvgIpc) is 2.70. The molecule has 5 nitrogen and oxygen atoms in total. The van der Waals surface area contributed by atoms with E-state index < -0.39 is 14.6 Å². The fourth-order valence-electron chi connectivity index (χ4n) is 1.73. The van der Waals surface area contributed by atoms with Crippen LogP contribution in [0.25, 0.3) is 0 Å². The minimum Gasteiger partial charge on any atom is -0.310 e. The molecule has 1 N–H and O–H groups in total. The van der Waals surface area contributed by atoms with Crippen molar-refractivity contribution in [1.82, 2.24) is 15.1 Å². The van der Waals surface area contributed by atoms with E-state index in [1.54, 1.807) is 13.8 Å². The highest BCUT2D eigenvalue weighted by atomic mass is 32.2. The number of sulfone groups is 1. The van der Waals surface area contributed by atoms with Gasteiger partial charge in [-0.2, -0.15) is 5.10 Å². The van der Waals surface area contributed by atoms with Crippen molar-refractivity contribution in [3.8, 4) is 0 Å². The standard InChI is InChI=1S/C13H25N3O2S/c1-6-11-8-12(16(7-2)15-11)9-14-10-13(3,4)19(5,17)18/h8,14H,6-7,9-10H2,1-5H3. The van der Waals surface area contributed by atoms with Gasteiger partial charge in [0.1, 0.15) is 0 Å². The first-order chi connectivity index (χ1) is 8.71. The summed E-state index contributed by atoms with van der Waals surface area (Å²) in [6.07, 6.45) is 2.19. The molecule has 0 saturated carbocycles. The van der Waals surface area contributed by atoms with Crippen molar-refractivity contribution in [2.75, 3.05) is 12.8 Å². The smallest absolute Gasteiger partial charge is 0.153 e. The molecule has 0 amide bonds. The Morgan fingerprint density at radius 3 is 2.47 bits per heavy atom. The van der Waals surface area contributed by atoms with E-state index >= 15 is 0 Å². The number of nitrogens with one attached hydrogen (secondary N) is 1. The minimum absolute atomic E-state index is 0.433. The summed E-state index contributed by atoms with van der Waals surface area (Å²) >= 11 is 0. The molecule has 6 heteroatoms. The van der Waals surface area contributed by atoms with Gasteiger partial charge in [0.25, 0.3) is 0 Å². The van der Waals surface area contributed by atoms with Gasteiger partial charge in [0.2, 0.25) is 0 Å². The third-order valence-corrected chi connectivity index (χ3v) is 5.59. The first-order valence-corrected chi connectivity index (χ1v) is 8.56. The van der Waals surface area contributed by atoms with Crippen molar-refractivity contribution < 1.29 is 8.42 Å². The van der Waals surface area contributed by atoms with Gasteiger partial charge in [0, 0.05) is 25.9 Å². The van der Waals surface area contributed by atoms with Crippen LogP contribution in [0.15, 0.2) is 6.07 Å². The summed E-state index contributed by atoms with van der Waals surface area (Å²) in [5.74, 6) is 0. The molecule has 1 aromatic rings. The van der Waals surface area contributed by atoms with Crippen molar-refractivity contribution in [1.29, 1.82) is 0 Å². The summed E-state index contributed by atoms with van der Waals surface area (Å²) in [5.41, 5.74) is 2.17. The number of rotatable bonds is 7. The summed E-state index contributed by atoms with van der Waals surface area (Å²) in [6.45, 7) is 9.50. The third kappa shape index (κ3) is 4.04. The molecule has 0 aliphatic carbocycles. The highest BCUT2D eigenvalue weighted by Crippen LogP contribution is 2.14. The fraction of sp³-hybridized carbons (Fsp3) is 0.769. The van der Waals surface area contributed by atoms with Crippen LogP contribution in [-0.2, 0) is 29.3 Å². The van der Waals surface area contributed by atoms with Crippen molar-refractivity contribution in [3.05, 3.63) is 17.5 Å². The molecule has 0 spiro atoms. The first kappa shape index (κ1) is 16.2. The van der Waals surface area contributed by atoms with Crippen LogP contribution in [0.2, 0.25) is 0 Å². The predicted octanol–water partition coefficient (Wildman–Crippen LogP) is 1.38. The average molecular weight is 287 g/mol. The minimum atomic E-state index is -3.06. The Labute approximate surface area is 116 Å². The molecule has 0 unspecified atom stereocenters. The Kier molecular flexibility index (Phi) is 5.15. The van der Waals surface area contributed by atoms with Gasteiger partial charge < -0.3 is 5.32 Å². The van der Waals surface area contributed by atoms with Crippen LogP contribution < -0.4 is 5.32 Å². The van der Waals surface area contributed by atoms with Crippen LogP contribution in [0.4, 0.5) is 0 Å². The fourth-order valence-corrected chi connectivity index (χ4v) is 2.09. The molecule has 0 aliphatic rings. The number of hydrogen-bond acceptors (Lipinski definition) is 4. The van der Waals surface area contributed by atoms with Gasteiger partial charge in [-0.25, -0.2) is 8.42 Å². The maximum Gasteiger partial charge on any atom is 0.153 e. The number of aryl methyl sites for hydroxylation is 2. The first-order valence-electron chi connectivity index (χ1n) is 6.67. The van der Waals surface area contributed by atoms with Gasteiger partial charge in [0.05, 0.1) is 16.1 Å². The predicted molar refractivity (Wildman–Crippen MR) is 77.9 cm³/mol. The summed E-state index contributed by atoms with van der Waals surface area (Å²) in [5, 5.41) is 7.69. The number of nitrogens with zero attached hydrogens (tertiary/aromatic N) is 2. The van der Waals surface area contributed by atoms with E-state index in [1.165, 1.54) is 6.26 Å². The van der Waals surface area contributed by atoms with Crippen LogP contribution >= 0.6 is 0 Å². The highest BCUT2D eigenvalue weighted by molar-refractivity contribution is 7.92. The maximum atomic E-state index is 11.6. The second kappa shape index (κ2) is 6.05. The summed E-state index contributed by atoms with van der Waals surface area (Å²) in [6, 6.07) is 2.07. The molecule has 110 valence electrons. The maximum absolute atomic E-state index is 11.6. The van der Waals surface area contributed by atoms with E-state index in [9.17, 15) is 8.42 Å². The zero-order valence-electron chi connectivity index (χ0n) is 12.5. The monoisotopic (exact) mass is 287 g/mol. The lowest BCUT2D eigenvalue weighted by atomic mass is 10.2. The van der Waals surface area contributed by atoms with E-state index in [0.717, 1.165) is 24.4 Å². The van der Waals surface area contributed by atoms with Crippen molar-refractivity contribution in [3.63, 3.8) is 0 Å². The molecule has 0 aromatic carbocycles. The largest absolute Gasteiger partial charge is 0.310 e. The summed E-state index contributed by atoms with van der Waals surface area (Å²) < 4.78 is 24.4. The lowest BCUT2D eigenvalue weighted by molar-refractivity contribution is 0.509. The Hall–Kier alpha value is -0.880. The molecule has 0 saturated heterocycles. The van der Waals surface area contributed by atoms with Crippen LogP contribution in [-0.4, -0.2) is 35.7 Å². The molecule has 1 heterocycles. The highest BCUT2D eigenvalue weighted by Gasteiger charge is 2.29. The Bertz CT molecular complexity index is 518. The van der Waals surface area contributed by atoms with Gasteiger partial charge in [-0.05, 0) is 33.3 Å². The molecule has 0 radical (unpaired) electrons. The quantitative estimate of drug-likeness (QED) is 0.823. The molecule has 0 bridgehead atoms. The Morgan fingerprint density at radius 1 is 1.37 bits per heavy atom. The molecule has 1 aromatic heterocycles. The van der Waals surface area contributed by atoms with Gasteiger partial charge in [-0.3, -0.25) is 4.68 Å². The van der Waals surface area contributed by atoms with Gasteiger partial charge >= 0.3 is 0 Å². The zero-order chi connectivity index (χ0) is 14.7. The lowest BCUT2D eigenvalue weighted by Crippen LogP contribution is -2.41. The zero-order valence-corrected chi connectivity index (χ0v) is 13.3. The topological polar surface area (TPSA) is 64.0 Å². The van der Waals surface area contributed by atoms with Crippen LogP contribution in [0.5, 0.6) is 0 Å². The van der Waals surface area contributed by atoms with Gasteiger partial charge in [-0.15, -0.1) is 0 Å². The molecule has 19 heavy (non-hydrogen) atoms. The Balaban J connectivity index is 2.65. The second-order valence-corrected chi connectivity index (χ2v) is 8.08. The summed E-state index contributed by atoms with van der Waals surface area (Å²) in [7, 11) is -3.06. The number of aromatic nitrogens is 2. The molecular weight excluding hydrogens is 262 g/mol. The SMILES string of the molecule is CCc1cc(CNCC(C)(C)S(C)(=O)=O)n(CC)n1. The molecular formula is C13H25N3O2S. The van der Waals surface area contributed by atoms with E-state index in [-0.39, 0.29) is 0 Å². The van der Waals surface area contributed by atoms with Crippen LogP contribution in [0.3, 0.4) is 0 Å².